The third-order valence-corrected chi connectivity index (χ3v) is 2.51. The second kappa shape index (κ2) is 4.09. The lowest BCUT2D eigenvalue weighted by Crippen LogP contribution is -2.50. The van der Waals surface area contributed by atoms with Crippen molar-refractivity contribution in [1.82, 2.24) is 4.90 Å². The molecule has 0 N–H and O–H groups in total. The zero-order valence-electron chi connectivity index (χ0n) is 8.80. The number of ether oxygens (including phenoxy) is 1. The summed E-state index contributed by atoms with van der Waals surface area (Å²) < 4.78 is 5.16. The lowest BCUT2D eigenvalue weighted by atomic mass is 9.88. The SMILES string of the molecule is CCC(=O)N(CC)CC1(C)COC1. The van der Waals surface area contributed by atoms with Crippen LogP contribution in [0.2, 0.25) is 0 Å². The molecule has 1 aliphatic heterocycles. The molecule has 0 aromatic rings. The Bertz CT molecular complexity index is 187. The van der Waals surface area contributed by atoms with E-state index in [-0.39, 0.29) is 11.3 Å². The van der Waals surface area contributed by atoms with Gasteiger partial charge in [0.25, 0.3) is 0 Å². The van der Waals surface area contributed by atoms with E-state index in [4.69, 9.17) is 4.74 Å². The fraction of sp³-hybridized carbons (Fsp3) is 0.900. The lowest BCUT2D eigenvalue weighted by molar-refractivity contribution is -0.143. The van der Waals surface area contributed by atoms with Gasteiger partial charge in [-0.15, -0.1) is 0 Å². The minimum Gasteiger partial charge on any atom is -0.380 e. The van der Waals surface area contributed by atoms with Gasteiger partial charge in [0.1, 0.15) is 0 Å². The average molecular weight is 185 g/mol. The molecule has 13 heavy (non-hydrogen) atoms. The standard InChI is InChI=1S/C10H19NO2/c1-4-9(12)11(5-2)6-10(3)7-13-8-10/h4-8H2,1-3H3. The summed E-state index contributed by atoms with van der Waals surface area (Å²) in [6.45, 7) is 9.34. The molecule has 0 saturated carbocycles. The van der Waals surface area contributed by atoms with E-state index in [1.165, 1.54) is 0 Å². The Labute approximate surface area is 80.1 Å². The van der Waals surface area contributed by atoms with Gasteiger partial charge in [0.15, 0.2) is 0 Å². The quantitative estimate of drug-likeness (QED) is 0.660. The number of nitrogens with zero attached hydrogens (tertiary/aromatic N) is 1. The molecule has 3 heteroatoms. The molecule has 76 valence electrons. The first kappa shape index (κ1) is 10.5. The molecule has 0 aromatic carbocycles. The molecule has 1 amide bonds. The van der Waals surface area contributed by atoms with Gasteiger partial charge in [0, 0.05) is 24.9 Å². The van der Waals surface area contributed by atoms with Crippen LogP contribution in [0, 0.1) is 5.41 Å². The number of rotatable bonds is 4. The maximum Gasteiger partial charge on any atom is 0.222 e. The number of hydrogen-bond donors (Lipinski definition) is 0. The zero-order valence-corrected chi connectivity index (χ0v) is 8.80. The first-order valence-corrected chi connectivity index (χ1v) is 4.97. The van der Waals surface area contributed by atoms with Crippen molar-refractivity contribution in [2.24, 2.45) is 5.41 Å². The van der Waals surface area contributed by atoms with E-state index in [2.05, 4.69) is 6.92 Å². The molecule has 0 aliphatic carbocycles. The predicted octanol–water partition coefficient (Wildman–Crippen LogP) is 1.28. The topological polar surface area (TPSA) is 29.5 Å². The molecule has 0 bridgehead atoms. The largest absolute Gasteiger partial charge is 0.380 e. The highest BCUT2D eigenvalue weighted by Crippen LogP contribution is 2.27. The van der Waals surface area contributed by atoms with Crippen LogP contribution in [0.5, 0.6) is 0 Å². The Hall–Kier alpha value is -0.570. The van der Waals surface area contributed by atoms with Crippen LogP contribution in [-0.4, -0.2) is 37.1 Å². The van der Waals surface area contributed by atoms with Crippen LogP contribution < -0.4 is 0 Å². The van der Waals surface area contributed by atoms with Gasteiger partial charge in [0.2, 0.25) is 5.91 Å². The highest BCUT2D eigenvalue weighted by atomic mass is 16.5. The number of hydrogen-bond acceptors (Lipinski definition) is 2. The molecular weight excluding hydrogens is 166 g/mol. The first-order valence-electron chi connectivity index (χ1n) is 4.97. The van der Waals surface area contributed by atoms with Gasteiger partial charge in [-0.05, 0) is 6.92 Å². The van der Waals surface area contributed by atoms with E-state index in [1.54, 1.807) is 0 Å². The summed E-state index contributed by atoms with van der Waals surface area (Å²) >= 11 is 0. The van der Waals surface area contributed by atoms with Crippen molar-refractivity contribution in [3.63, 3.8) is 0 Å². The van der Waals surface area contributed by atoms with Gasteiger partial charge in [-0.1, -0.05) is 13.8 Å². The van der Waals surface area contributed by atoms with E-state index in [1.807, 2.05) is 18.7 Å². The molecule has 1 heterocycles. The van der Waals surface area contributed by atoms with Gasteiger partial charge < -0.3 is 9.64 Å². The van der Waals surface area contributed by atoms with Crippen LogP contribution in [0.3, 0.4) is 0 Å². The van der Waals surface area contributed by atoms with Gasteiger partial charge in [-0.2, -0.15) is 0 Å². The normalized spacial score (nSPS) is 19.3. The predicted molar refractivity (Wildman–Crippen MR) is 51.5 cm³/mol. The van der Waals surface area contributed by atoms with Crippen molar-refractivity contribution >= 4 is 5.91 Å². The monoisotopic (exact) mass is 185 g/mol. The lowest BCUT2D eigenvalue weighted by Gasteiger charge is -2.41. The van der Waals surface area contributed by atoms with E-state index in [0.29, 0.717) is 6.42 Å². The molecule has 0 radical (unpaired) electrons. The van der Waals surface area contributed by atoms with Gasteiger partial charge in [-0.3, -0.25) is 4.79 Å². The van der Waals surface area contributed by atoms with Crippen LogP contribution in [0.4, 0.5) is 0 Å². The van der Waals surface area contributed by atoms with Crippen molar-refractivity contribution in [3.8, 4) is 0 Å². The van der Waals surface area contributed by atoms with E-state index < -0.39 is 0 Å². The van der Waals surface area contributed by atoms with Crippen molar-refractivity contribution in [1.29, 1.82) is 0 Å². The Kier molecular flexibility index (Phi) is 3.31. The maximum absolute atomic E-state index is 11.4. The van der Waals surface area contributed by atoms with Crippen LogP contribution in [-0.2, 0) is 9.53 Å². The molecular formula is C10H19NO2. The third kappa shape index (κ3) is 2.44. The van der Waals surface area contributed by atoms with E-state index in [9.17, 15) is 4.79 Å². The van der Waals surface area contributed by atoms with E-state index in [0.717, 1.165) is 26.3 Å². The minimum absolute atomic E-state index is 0.209. The molecule has 1 fully saturated rings. The number of carbonyl (C=O) groups is 1. The summed E-state index contributed by atoms with van der Waals surface area (Å²) in [6, 6.07) is 0. The highest BCUT2D eigenvalue weighted by Gasteiger charge is 2.35. The molecule has 1 rings (SSSR count). The van der Waals surface area contributed by atoms with Crippen molar-refractivity contribution in [3.05, 3.63) is 0 Å². The molecule has 3 nitrogen and oxygen atoms in total. The number of amides is 1. The summed E-state index contributed by atoms with van der Waals surface area (Å²) in [5, 5.41) is 0. The van der Waals surface area contributed by atoms with Crippen molar-refractivity contribution < 1.29 is 9.53 Å². The second-order valence-corrected chi connectivity index (χ2v) is 4.06. The third-order valence-electron chi connectivity index (χ3n) is 2.51. The first-order chi connectivity index (χ1) is 6.11. The molecule has 0 atom stereocenters. The summed E-state index contributed by atoms with van der Waals surface area (Å²) in [5.41, 5.74) is 0.209. The maximum atomic E-state index is 11.4. The average Bonchev–Trinajstić information content (AvgIpc) is 2.10. The van der Waals surface area contributed by atoms with Crippen molar-refractivity contribution in [2.75, 3.05) is 26.3 Å². The Morgan fingerprint density at radius 3 is 2.38 bits per heavy atom. The number of carbonyl (C=O) groups excluding carboxylic acids is 1. The molecule has 1 aliphatic rings. The van der Waals surface area contributed by atoms with Crippen LogP contribution in [0.1, 0.15) is 27.2 Å². The molecule has 0 aromatic heterocycles. The van der Waals surface area contributed by atoms with Gasteiger partial charge in [-0.25, -0.2) is 0 Å². The summed E-state index contributed by atoms with van der Waals surface area (Å²) in [6.07, 6.45) is 0.602. The fourth-order valence-corrected chi connectivity index (χ4v) is 1.60. The summed E-state index contributed by atoms with van der Waals surface area (Å²) in [5.74, 6) is 0.246. The van der Waals surface area contributed by atoms with E-state index >= 15 is 0 Å². The smallest absolute Gasteiger partial charge is 0.222 e. The highest BCUT2D eigenvalue weighted by molar-refractivity contribution is 5.75. The minimum atomic E-state index is 0.209. The Morgan fingerprint density at radius 1 is 1.46 bits per heavy atom. The summed E-state index contributed by atoms with van der Waals surface area (Å²) in [7, 11) is 0. The van der Waals surface area contributed by atoms with Gasteiger partial charge in [0.05, 0.1) is 13.2 Å². The summed E-state index contributed by atoms with van der Waals surface area (Å²) in [4.78, 5) is 13.4. The molecule has 1 saturated heterocycles. The molecule has 0 unspecified atom stereocenters. The Balaban J connectivity index is 2.43. The second-order valence-electron chi connectivity index (χ2n) is 4.06. The van der Waals surface area contributed by atoms with Crippen molar-refractivity contribution in [2.45, 2.75) is 27.2 Å². The van der Waals surface area contributed by atoms with Crippen LogP contribution in [0.15, 0.2) is 0 Å². The van der Waals surface area contributed by atoms with Crippen LogP contribution in [0.25, 0.3) is 0 Å². The Morgan fingerprint density at radius 2 is 2.08 bits per heavy atom. The van der Waals surface area contributed by atoms with Crippen LogP contribution >= 0.6 is 0 Å². The van der Waals surface area contributed by atoms with Gasteiger partial charge >= 0.3 is 0 Å². The fourth-order valence-electron chi connectivity index (χ4n) is 1.60. The zero-order chi connectivity index (χ0) is 9.90. The molecule has 0 spiro atoms.